The van der Waals surface area contributed by atoms with Crippen molar-refractivity contribution in [3.05, 3.63) is 28.3 Å². The van der Waals surface area contributed by atoms with Crippen molar-refractivity contribution in [1.82, 2.24) is 0 Å². The molecule has 2 rings (SSSR count). The number of ketones is 1. The quantitative estimate of drug-likeness (QED) is 0.728. The summed E-state index contributed by atoms with van der Waals surface area (Å²) in [6.07, 6.45) is 1.72. The van der Waals surface area contributed by atoms with E-state index in [1.807, 2.05) is 0 Å². The molecule has 1 atom stereocenters. The maximum Gasteiger partial charge on any atom is 0.378 e. The molecule has 0 amide bonds. The average molecular weight is 194 g/mol. The second-order valence-electron chi connectivity index (χ2n) is 3.49. The van der Waals surface area contributed by atoms with Crippen LogP contribution >= 0.6 is 0 Å². The van der Waals surface area contributed by atoms with Gasteiger partial charge in [-0.3, -0.25) is 4.79 Å². The molecule has 0 aliphatic heterocycles. The van der Waals surface area contributed by atoms with Crippen LogP contribution in [-0.2, 0) is 4.79 Å². The van der Waals surface area contributed by atoms with Crippen LogP contribution in [0, 0.1) is 0 Å². The second-order valence-corrected chi connectivity index (χ2v) is 3.49. The first-order valence-corrected chi connectivity index (χ1v) is 4.51. The molecule has 4 nitrogen and oxygen atoms in total. The summed E-state index contributed by atoms with van der Waals surface area (Å²) in [6, 6.07) is 2.87. The third-order valence-electron chi connectivity index (χ3n) is 2.47. The average Bonchev–Trinajstić information content (AvgIpc) is 2.57. The normalized spacial score (nSPS) is 21.4. The maximum atomic E-state index is 11.0. The van der Waals surface area contributed by atoms with E-state index in [1.165, 1.54) is 6.07 Å². The Morgan fingerprint density at radius 1 is 1.36 bits per heavy atom. The van der Waals surface area contributed by atoms with Crippen molar-refractivity contribution in [3.63, 3.8) is 0 Å². The lowest BCUT2D eigenvalue weighted by molar-refractivity contribution is -0.117. The molecule has 1 fully saturated rings. The first-order chi connectivity index (χ1) is 6.66. The van der Waals surface area contributed by atoms with Gasteiger partial charge in [-0.05, 0) is 18.6 Å². The Hall–Kier alpha value is -1.58. The number of rotatable bonds is 1. The van der Waals surface area contributed by atoms with Crippen LogP contribution in [0.15, 0.2) is 21.3 Å². The van der Waals surface area contributed by atoms with Crippen LogP contribution in [0.4, 0.5) is 0 Å². The van der Waals surface area contributed by atoms with E-state index in [-0.39, 0.29) is 11.7 Å². The molecule has 1 unspecified atom stereocenters. The van der Waals surface area contributed by atoms with Gasteiger partial charge in [-0.15, -0.1) is 0 Å². The van der Waals surface area contributed by atoms with Crippen molar-refractivity contribution in [1.29, 1.82) is 0 Å². The van der Waals surface area contributed by atoms with Gasteiger partial charge in [0.05, 0.1) is 0 Å². The number of carbonyl (C=O) groups is 1. The molecule has 1 heterocycles. The molecule has 14 heavy (non-hydrogen) atoms. The predicted molar refractivity (Wildman–Crippen MR) is 48.2 cm³/mol. The number of hydrogen-bond donors (Lipinski definition) is 1. The maximum absolute atomic E-state index is 11.0. The summed E-state index contributed by atoms with van der Waals surface area (Å²) in [5.41, 5.74) is -0.734. The van der Waals surface area contributed by atoms with E-state index in [9.17, 15) is 9.59 Å². The summed E-state index contributed by atoms with van der Waals surface area (Å²) in [5.74, 6) is 0.318. The van der Waals surface area contributed by atoms with Crippen molar-refractivity contribution in [2.75, 3.05) is 0 Å². The smallest absolute Gasteiger partial charge is 0.378 e. The fourth-order valence-corrected chi connectivity index (χ4v) is 1.70. The van der Waals surface area contributed by atoms with E-state index < -0.39 is 11.4 Å². The molecule has 1 aromatic heterocycles. The van der Waals surface area contributed by atoms with Gasteiger partial charge >= 0.3 is 5.63 Å². The molecule has 1 aliphatic rings. The lowest BCUT2D eigenvalue weighted by Gasteiger charge is -2.05. The molecule has 1 aliphatic carbocycles. The zero-order valence-corrected chi connectivity index (χ0v) is 7.53. The minimum Gasteiger partial charge on any atom is -0.502 e. The van der Waals surface area contributed by atoms with Gasteiger partial charge in [-0.1, -0.05) is 0 Å². The Bertz CT molecular complexity index is 418. The van der Waals surface area contributed by atoms with E-state index in [1.54, 1.807) is 6.07 Å². The van der Waals surface area contributed by atoms with E-state index in [0.29, 0.717) is 18.6 Å². The number of Topliss-reactive ketones (excluding diaryl/α,β-unsaturated/α-hetero) is 1. The number of carbonyl (C=O) groups excluding carboxylic acids is 1. The Labute approximate surface area is 80.2 Å². The fourth-order valence-electron chi connectivity index (χ4n) is 1.70. The van der Waals surface area contributed by atoms with Gasteiger partial charge in [0.25, 0.3) is 0 Å². The highest BCUT2D eigenvalue weighted by Crippen LogP contribution is 2.31. The third-order valence-corrected chi connectivity index (χ3v) is 2.47. The molecule has 0 aromatic carbocycles. The monoisotopic (exact) mass is 194 g/mol. The van der Waals surface area contributed by atoms with Crippen LogP contribution in [0.2, 0.25) is 0 Å². The summed E-state index contributed by atoms with van der Waals surface area (Å²) < 4.78 is 4.88. The molecule has 0 saturated heterocycles. The van der Waals surface area contributed by atoms with Crippen molar-refractivity contribution < 1.29 is 14.3 Å². The van der Waals surface area contributed by atoms with Crippen molar-refractivity contribution in [3.8, 4) is 5.75 Å². The van der Waals surface area contributed by atoms with Crippen LogP contribution < -0.4 is 5.63 Å². The molecule has 0 spiro atoms. The summed E-state index contributed by atoms with van der Waals surface area (Å²) in [5, 5.41) is 8.97. The van der Waals surface area contributed by atoms with Gasteiger partial charge in [0, 0.05) is 18.8 Å². The molecule has 0 bridgehead atoms. The minimum atomic E-state index is -0.734. The van der Waals surface area contributed by atoms with E-state index in [4.69, 9.17) is 9.52 Å². The van der Waals surface area contributed by atoms with Crippen molar-refractivity contribution in [2.45, 2.75) is 25.2 Å². The third kappa shape index (κ3) is 1.55. The Balaban J connectivity index is 2.29. The van der Waals surface area contributed by atoms with E-state index >= 15 is 0 Å². The van der Waals surface area contributed by atoms with Gasteiger partial charge in [0.2, 0.25) is 5.75 Å². The lowest BCUT2D eigenvalue weighted by atomic mass is 10.1. The molecule has 1 N–H and O–H groups in total. The number of aromatic hydroxyl groups is 1. The molecule has 4 heteroatoms. The van der Waals surface area contributed by atoms with Gasteiger partial charge in [0.15, 0.2) is 0 Å². The SMILES string of the molecule is O=C1CCC(c2ccc(O)c(=O)o2)C1. The lowest BCUT2D eigenvalue weighted by Crippen LogP contribution is -2.03. The van der Waals surface area contributed by atoms with Crippen molar-refractivity contribution in [2.24, 2.45) is 0 Å². The zero-order valence-electron chi connectivity index (χ0n) is 7.53. The first-order valence-electron chi connectivity index (χ1n) is 4.51. The minimum absolute atomic E-state index is 0.01000. The molecule has 0 radical (unpaired) electrons. The molecular weight excluding hydrogens is 184 g/mol. The molecule has 1 aromatic rings. The summed E-state index contributed by atoms with van der Waals surface area (Å²) in [7, 11) is 0. The standard InChI is InChI=1S/C10H10O4/c11-7-2-1-6(5-7)9-4-3-8(12)10(13)14-9/h3-4,6,12H,1-2,5H2. The van der Waals surface area contributed by atoms with Crippen molar-refractivity contribution >= 4 is 5.78 Å². The van der Waals surface area contributed by atoms with Crippen LogP contribution in [-0.4, -0.2) is 10.9 Å². The van der Waals surface area contributed by atoms with Gasteiger partial charge < -0.3 is 9.52 Å². The predicted octanol–water partition coefficient (Wildman–Crippen LogP) is 1.18. The highest BCUT2D eigenvalue weighted by atomic mass is 16.4. The highest BCUT2D eigenvalue weighted by molar-refractivity contribution is 5.81. The summed E-state index contributed by atoms with van der Waals surface area (Å²) in [6.45, 7) is 0. The van der Waals surface area contributed by atoms with Crippen LogP contribution in [0.3, 0.4) is 0 Å². The zero-order chi connectivity index (χ0) is 10.1. The van der Waals surface area contributed by atoms with E-state index in [0.717, 1.165) is 6.42 Å². The Morgan fingerprint density at radius 3 is 2.71 bits per heavy atom. The number of hydrogen-bond acceptors (Lipinski definition) is 4. The first kappa shape index (κ1) is 8.99. The summed E-state index contributed by atoms with van der Waals surface area (Å²) in [4.78, 5) is 22.0. The van der Waals surface area contributed by atoms with Crippen LogP contribution in [0.1, 0.15) is 30.9 Å². The van der Waals surface area contributed by atoms with Gasteiger partial charge in [-0.25, -0.2) is 4.79 Å². The molecule has 1 saturated carbocycles. The molecule has 74 valence electrons. The fraction of sp³-hybridized carbons (Fsp3) is 0.400. The largest absolute Gasteiger partial charge is 0.502 e. The Morgan fingerprint density at radius 2 is 2.14 bits per heavy atom. The van der Waals surface area contributed by atoms with Crippen LogP contribution in [0.25, 0.3) is 0 Å². The second kappa shape index (κ2) is 3.29. The molecular formula is C10H10O4. The summed E-state index contributed by atoms with van der Waals surface area (Å²) >= 11 is 0. The van der Waals surface area contributed by atoms with Crippen LogP contribution in [0.5, 0.6) is 5.75 Å². The van der Waals surface area contributed by atoms with Gasteiger partial charge in [-0.2, -0.15) is 0 Å². The van der Waals surface area contributed by atoms with Gasteiger partial charge in [0.1, 0.15) is 11.5 Å². The van der Waals surface area contributed by atoms with E-state index in [2.05, 4.69) is 0 Å². The Kier molecular flexibility index (Phi) is 2.11. The highest BCUT2D eigenvalue weighted by Gasteiger charge is 2.25. The topological polar surface area (TPSA) is 67.5 Å².